The van der Waals surface area contributed by atoms with Gasteiger partial charge in [-0.3, -0.25) is 14.3 Å². The molecule has 2 aromatic rings. The lowest BCUT2D eigenvalue weighted by Crippen LogP contribution is -2.41. The summed E-state index contributed by atoms with van der Waals surface area (Å²) in [7, 11) is 0. The van der Waals surface area contributed by atoms with E-state index in [2.05, 4.69) is 11.5 Å². The molecule has 0 amide bonds. The van der Waals surface area contributed by atoms with E-state index in [1.165, 1.54) is 22.2 Å². The van der Waals surface area contributed by atoms with E-state index in [0.29, 0.717) is 24.0 Å². The smallest absolute Gasteiger partial charge is 0.263 e. The summed E-state index contributed by atoms with van der Waals surface area (Å²) >= 11 is 3.11. The van der Waals surface area contributed by atoms with Gasteiger partial charge in [0.05, 0.1) is 24.7 Å². The molecule has 6 nitrogen and oxygen atoms in total. The highest BCUT2D eigenvalue weighted by molar-refractivity contribution is 7.99. The van der Waals surface area contributed by atoms with Gasteiger partial charge in [-0.05, 0) is 24.8 Å². The topological polar surface area (TPSA) is 67.6 Å². The maximum absolute atomic E-state index is 13.1. The number of β-amino-alcohol motifs (C(OH)–C–C–N with tert-alkyl or cyclic N) is 1. The zero-order valence-electron chi connectivity index (χ0n) is 15.4. The molecule has 1 fully saturated rings. The number of fused-ring (bicyclic) bond motifs is 3. The first-order chi connectivity index (χ1) is 13.2. The molecule has 1 atom stereocenters. The van der Waals surface area contributed by atoms with Crippen LogP contribution in [0.15, 0.2) is 22.6 Å². The van der Waals surface area contributed by atoms with Crippen molar-refractivity contribution >= 4 is 33.3 Å². The molecular formula is C19H25N3O3S2. The molecule has 1 aliphatic heterocycles. The normalized spacial score (nSPS) is 18.7. The number of aryl methyl sites for hydroxylation is 2. The van der Waals surface area contributed by atoms with Crippen LogP contribution in [0.25, 0.3) is 10.2 Å². The molecule has 1 N–H and O–H groups in total. The van der Waals surface area contributed by atoms with E-state index in [0.717, 1.165) is 55.8 Å². The van der Waals surface area contributed by atoms with Crippen LogP contribution < -0.4 is 5.56 Å². The van der Waals surface area contributed by atoms with Crippen LogP contribution in [0.1, 0.15) is 16.9 Å². The number of allylic oxidation sites excluding steroid dienone is 1. The molecule has 2 aromatic heterocycles. The largest absolute Gasteiger partial charge is 0.391 e. The summed E-state index contributed by atoms with van der Waals surface area (Å²) < 4.78 is 7.05. The molecule has 0 unspecified atom stereocenters. The maximum atomic E-state index is 13.1. The number of thiophene rings is 1. The minimum Gasteiger partial charge on any atom is -0.391 e. The van der Waals surface area contributed by atoms with Crippen molar-refractivity contribution in [1.82, 2.24) is 14.5 Å². The maximum Gasteiger partial charge on any atom is 0.263 e. The van der Waals surface area contributed by atoms with Crippen LogP contribution in [0.5, 0.6) is 0 Å². The van der Waals surface area contributed by atoms with Crippen molar-refractivity contribution < 1.29 is 9.84 Å². The fourth-order valence-corrected chi connectivity index (χ4v) is 5.99. The zero-order valence-corrected chi connectivity index (χ0v) is 17.0. The molecule has 0 bridgehead atoms. The van der Waals surface area contributed by atoms with Crippen LogP contribution in [0, 0.1) is 0 Å². The van der Waals surface area contributed by atoms with Gasteiger partial charge < -0.3 is 9.84 Å². The van der Waals surface area contributed by atoms with Gasteiger partial charge in [-0.1, -0.05) is 17.8 Å². The fourth-order valence-electron chi connectivity index (χ4n) is 3.76. The van der Waals surface area contributed by atoms with Crippen LogP contribution in [0.3, 0.4) is 0 Å². The summed E-state index contributed by atoms with van der Waals surface area (Å²) in [6.45, 7) is 8.00. The Balaban J connectivity index is 1.54. The molecule has 8 heteroatoms. The van der Waals surface area contributed by atoms with Gasteiger partial charge in [0.25, 0.3) is 5.56 Å². The fraction of sp³-hybridized carbons (Fsp3) is 0.579. The molecule has 0 spiro atoms. The van der Waals surface area contributed by atoms with E-state index in [1.807, 2.05) is 0 Å². The Morgan fingerprint density at radius 1 is 1.37 bits per heavy atom. The molecule has 4 rings (SSSR count). The molecule has 1 saturated heterocycles. The number of hydrogen-bond donors (Lipinski definition) is 1. The van der Waals surface area contributed by atoms with Crippen LogP contribution in [-0.2, 0) is 24.1 Å². The summed E-state index contributed by atoms with van der Waals surface area (Å²) in [4.78, 5) is 22.3. The van der Waals surface area contributed by atoms with Crippen molar-refractivity contribution in [2.45, 2.75) is 37.1 Å². The van der Waals surface area contributed by atoms with Gasteiger partial charge in [0.1, 0.15) is 4.83 Å². The second-order valence-electron chi connectivity index (χ2n) is 7.01. The molecule has 0 saturated carbocycles. The van der Waals surface area contributed by atoms with Gasteiger partial charge in [0, 0.05) is 36.8 Å². The Kier molecular flexibility index (Phi) is 5.99. The third-order valence-corrected chi connectivity index (χ3v) is 7.39. The predicted molar refractivity (Wildman–Crippen MR) is 110 cm³/mol. The Morgan fingerprint density at radius 2 is 2.19 bits per heavy atom. The second-order valence-corrected chi connectivity index (χ2v) is 9.08. The molecule has 0 radical (unpaired) electrons. The second kappa shape index (κ2) is 8.45. The van der Waals surface area contributed by atoms with E-state index in [4.69, 9.17) is 9.72 Å². The van der Waals surface area contributed by atoms with Gasteiger partial charge in [0.15, 0.2) is 5.16 Å². The molecule has 146 valence electrons. The van der Waals surface area contributed by atoms with Crippen molar-refractivity contribution in [2.24, 2.45) is 0 Å². The summed E-state index contributed by atoms with van der Waals surface area (Å²) in [5, 5.41) is 11.9. The standard InChI is InChI=1S/C19H25N3O3S2/c1-2-6-22-18(24)16-14-4-3-5-15(14)27-17(16)20-19(22)26-12-13(23)11-21-7-9-25-10-8-21/h2,13,23H,1,3-12H2/t13-/m0/s1. The number of hydrogen-bond acceptors (Lipinski definition) is 7. The van der Waals surface area contributed by atoms with Gasteiger partial charge in [-0.15, -0.1) is 17.9 Å². The number of aliphatic hydroxyl groups is 1. The van der Waals surface area contributed by atoms with Crippen molar-refractivity contribution in [3.63, 3.8) is 0 Å². The molecule has 0 aromatic carbocycles. The number of aliphatic hydroxyl groups excluding tert-OH is 1. The average molecular weight is 408 g/mol. The van der Waals surface area contributed by atoms with Crippen molar-refractivity contribution in [3.05, 3.63) is 33.4 Å². The van der Waals surface area contributed by atoms with E-state index in [1.54, 1.807) is 22.0 Å². The summed E-state index contributed by atoms with van der Waals surface area (Å²) in [6, 6.07) is 0. The number of aromatic nitrogens is 2. The van der Waals surface area contributed by atoms with Crippen LogP contribution in [0.4, 0.5) is 0 Å². The van der Waals surface area contributed by atoms with Gasteiger partial charge in [-0.25, -0.2) is 4.98 Å². The lowest BCUT2D eigenvalue weighted by molar-refractivity contribution is 0.0188. The van der Waals surface area contributed by atoms with Gasteiger partial charge in [0.2, 0.25) is 0 Å². The molecule has 2 aliphatic rings. The first kappa shape index (κ1) is 19.1. The number of rotatable bonds is 7. The first-order valence-electron chi connectivity index (χ1n) is 9.44. The minimum atomic E-state index is -0.466. The average Bonchev–Trinajstić information content (AvgIpc) is 3.24. The Morgan fingerprint density at radius 3 is 2.96 bits per heavy atom. The Bertz CT molecular complexity index is 886. The Labute approximate surface area is 166 Å². The lowest BCUT2D eigenvalue weighted by atomic mass is 10.2. The zero-order chi connectivity index (χ0) is 18.8. The van der Waals surface area contributed by atoms with Crippen LogP contribution in [0.2, 0.25) is 0 Å². The summed E-state index contributed by atoms with van der Waals surface area (Å²) in [5.74, 6) is 0.511. The number of morpholine rings is 1. The van der Waals surface area contributed by atoms with E-state index < -0.39 is 6.10 Å². The minimum absolute atomic E-state index is 0.0319. The third-order valence-electron chi connectivity index (χ3n) is 5.08. The van der Waals surface area contributed by atoms with Crippen molar-refractivity contribution in [2.75, 3.05) is 38.6 Å². The molecule has 1 aliphatic carbocycles. The van der Waals surface area contributed by atoms with Crippen molar-refractivity contribution in [1.29, 1.82) is 0 Å². The monoisotopic (exact) mass is 407 g/mol. The molecular weight excluding hydrogens is 382 g/mol. The van der Waals surface area contributed by atoms with E-state index >= 15 is 0 Å². The quantitative estimate of drug-likeness (QED) is 0.430. The van der Waals surface area contributed by atoms with Crippen molar-refractivity contribution in [3.8, 4) is 0 Å². The summed E-state index contributed by atoms with van der Waals surface area (Å²) in [5.41, 5.74) is 1.23. The molecule has 3 heterocycles. The SMILES string of the molecule is C=CCn1c(SC[C@@H](O)CN2CCOCC2)nc2sc3c(c2c1=O)CCC3. The summed E-state index contributed by atoms with van der Waals surface area (Å²) in [6.07, 6.45) is 4.42. The van der Waals surface area contributed by atoms with E-state index in [-0.39, 0.29) is 5.56 Å². The first-order valence-corrected chi connectivity index (χ1v) is 11.2. The van der Waals surface area contributed by atoms with Crippen LogP contribution >= 0.6 is 23.1 Å². The van der Waals surface area contributed by atoms with E-state index in [9.17, 15) is 9.90 Å². The van der Waals surface area contributed by atoms with Crippen LogP contribution in [-0.4, -0.2) is 64.3 Å². The third kappa shape index (κ3) is 4.00. The number of thioether (sulfide) groups is 1. The lowest BCUT2D eigenvalue weighted by Gasteiger charge is -2.28. The molecule has 27 heavy (non-hydrogen) atoms. The number of ether oxygens (including phenoxy) is 1. The number of nitrogens with zero attached hydrogens (tertiary/aromatic N) is 3. The van der Waals surface area contributed by atoms with Gasteiger partial charge in [-0.2, -0.15) is 0 Å². The highest BCUT2D eigenvalue weighted by Gasteiger charge is 2.23. The predicted octanol–water partition coefficient (Wildman–Crippen LogP) is 1.92. The van der Waals surface area contributed by atoms with Gasteiger partial charge >= 0.3 is 0 Å². The highest BCUT2D eigenvalue weighted by Crippen LogP contribution is 2.35. The Hall–Kier alpha value is -1.19. The highest BCUT2D eigenvalue weighted by atomic mass is 32.2.